The zero-order valence-electron chi connectivity index (χ0n) is 15.6. The monoisotopic (exact) mass is 375 g/mol. The van der Waals surface area contributed by atoms with Crippen molar-refractivity contribution in [3.05, 3.63) is 83.3 Å². The molecule has 2 aromatic carbocycles. The van der Waals surface area contributed by atoms with E-state index in [2.05, 4.69) is 10.6 Å². The predicted molar refractivity (Wildman–Crippen MR) is 108 cm³/mol. The third-order valence-electron chi connectivity index (χ3n) is 4.79. The first kappa shape index (κ1) is 17.9. The van der Waals surface area contributed by atoms with Gasteiger partial charge in [0.25, 0.3) is 5.91 Å². The number of benzene rings is 2. The van der Waals surface area contributed by atoms with Crippen LogP contribution in [-0.4, -0.2) is 18.5 Å². The standard InChI is InChI=1S/C22H21N3O3/c1-15-4-6-17(7-5-15)21(26)25-11-10-16-8-9-18(13-20(16)25)24-22(27)23-14-19-3-2-12-28-19/h2-9,12-13H,10-11,14H2,1H3,(H2,23,24,27). The number of anilines is 2. The van der Waals surface area contributed by atoms with Gasteiger partial charge in [0.1, 0.15) is 5.76 Å². The van der Waals surface area contributed by atoms with Crippen molar-refractivity contribution in [2.75, 3.05) is 16.8 Å². The molecule has 0 atom stereocenters. The van der Waals surface area contributed by atoms with Gasteiger partial charge in [-0.3, -0.25) is 4.79 Å². The van der Waals surface area contributed by atoms with Gasteiger partial charge < -0.3 is 20.0 Å². The molecule has 0 radical (unpaired) electrons. The fourth-order valence-corrected chi connectivity index (χ4v) is 3.28. The van der Waals surface area contributed by atoms with Crippen molar-refractivity contribution in [1.82, 2.24) is 5.32 Å². The van der Waals surface area contributed by atoms with Crippen LogP contribution < -0.4 is 15.5 Å². The molecule has 3 aromatic rings. The van der Waals surface area contributed by atoms with Gasteiger partial charge >= 0.3 is 6.03 Å². The van der Waals surface area contributed by atoms with Gasteiger partial charge in [-0.25, -0.2) is 4.79 Å². The Labute approximate surface area is 163 Å². The van der Waals surface area contributed by atoms with Gasteiger partial charge in [-0.05, 0) is 55.3 Å². The molecule has 1 aliphatic heterocycles. The Morgan fingerprint density at radius 3 is 2.68 bits per heavy atom. The molecule has 0 bridgehead atoms. The molecule has 4 rings (SSSR count). The van der Waals surface area contributed by atoms with Gasteiger partial charge in [0.2, 0.25) is 0 Å². The van der Waals surface area contributed by atoms with E-state index < -0.39 is 0 Å². The highest BCUT2D eigenvalue weighted by atomic mass is 16.3. The summed E-state index contributed by atoms with van der Waals surface area (Å²) in [6.45, 7) is 2.94. The van der Waals surface area contributed by atoms with Crippen LogP contribution in [0, 0.1) is 6.92 Å². The Bertz CT molecular complexity index is 994. The molecule has 0 unspecified atom stereocenters. The average Bonchev–Trinajstić information content (AvgIpc) is 3.36. The Morgan fingerprint density at radius 2 is 1.93 bits per heavy atom. The largest absolute Gasteiger partial charge is 0.467 e. The van der Waals surface area contributed by atoms with E-state index in [1.54, 1.807) is 23.3 Å². The summed E-state index contributed by atoms with van der Waals surface area (Å²) < 4.78 is 5.20. The molecular formula is C22H21N3O3. The summed E-state index contributed by atoms with van der Waals surface area (Å²) in [4.78, 5) is 26.8. The highest BCUT2D eigenvalue weighted by molar-refractivity contribution is 6.07. The van der Waals surface area contributed by atoms with E-state index in [0.717, 1.165) is 23.2 Å². The van der Waals surface area contributed by atoms with Crippen LogP contribution in [0.5, 0.6) is 0 Å². The van der Waals surface area contributed by atoms with Crippen molar-refractivity contribution in [2.45, 2.75) is 19.9 Å². The number of urea groups is 1. The second-order valence-electron chi connectivity index (χ2n) is 6.80. The quantitative estimate of drug-likeness (QED) is 0.721. The number of hydrogen-bond donors (Lipinski definition) is 2. The number of amides is 3. The molecule has 0 spiro atoms. The first-order valence-electron chi connectivity index (χ1n) is 9.19. The second kappa shape index (κ2) is 7.60. The summed E-state index contributed by atoms with van der Waals surface area (Å²) >= 11 is 0. The Balaban J connectivity index is 1.46. The molecule has 0 saturated carbocycles. The number of rotatable bonds is 4. The molecule has 1 aromatic heterocycles. The van der Waals surface area contributed by atoms with Crippen LogP contribution in [0.25, 0.3) is 0 Å². The first-order chi connectivity index (χ1) is 13.6. The second-order valence-corrected chi connectivity index (χ2v) is 6.80. The normalized spacial score (nSPS) is 12.5. The predicted octanol–water partition coefficient (Wildman–Crippen LogP) is 4.11. The molecule has 0 fully saturated rings. The summed E-state index contributed by atoms with van der Waals surface area (Å²) in [7, 11) is 0. The molecule has 2 N–H and O–H groups in total. The molecule has 28 heavy (non-hydrogen) atoms. The lowest BCUT2D eigenvalue weighted by molar-refractivity contribution is 0.0989. The lowest BCUT2D eigenvalue weighted by atomic mass is 10.1. The number of nitrogens with zero attached hydrogens (tertiary/aromatic N) is 1. The zero-order chi connectivity index (χ0) is 19.5. The van der Waals surface area contributed by atoms with Crippen molar-refractivity contribution in [3.8, 4) is 0 Å². The summed E-state index contributed by atoms with van der Waals surface area (Å²) in [6.07, 6.45) is 2.37. The maximum Gasteiger partial charge on any atom is 0.319 e. The minimum absolute atomic E-state index is 0.0295. The molecule has 6 nitrogen and oxygen atoms in total. The van der Waals surface area contributed by atoms with E-state index in [9.17, 15) is 9.59 Å². The summed E-state index contributed by atoms with van der Waals surface area (Å²) in [5.41, 5.74) is 4.36. The number of nitrogens with one attached hydrogen (secondary N) is 2. The number of furan rings is 1. The minimum Gasteiger partial charge on any atom is -0.467 e. The Hall–Kier alpha value is -3.54. The van der Waals surface area contributed by atoms with E-state index >= 15 is 0 Å². The molecule has 1 aliphatic rings. The maximum absolute atomic E-state index is 12.9. The van der Waals surface area contributed by atoms with E-state index in [1.807, 2.05) is 49.4 Å². The Morgan fingerprint density at radius 1 is 1.11 bits per heavy atom. The summed E-state index contributed by atoms with van der Waals surface area (Å²) in [6, 6.07) is 16.5. The summed E-state index contributed by atoms with van der Waals surface area (Å²) in [5.74, 6) is 0.650. The fraction of sp³-hybridized carbons (Fsp3) is 0.182. The lowest BCUT2D eigenvalue weighted by Crippen LogP contribution is -2.29. The minimum atomic E-state index is -0.328. The number of aryl methyl sites for hydroxylation is 1. The summed E-state index contributed by atoms with van der Waals surface area (Å²) in [5, 5.41) is 5.55. The average molecular weight is 375 g/mol. The highest BCUT2D eigenvalue weighted by Gasteiger charge is 2.26. The fourth-order valence-electron chi connectivity index (χ4n) is 3.28. The number of carbonyl (C=O) groups is 2. The molecule has 3 amide bonds. The molecular weight excluding hydrogens is 354 g/mol. The van der Waals surface area contributed by atoms with Crippen LogP contribution in [0.1, 0.15) is 27.2 Å². The van der Waals surface area contributed by atoms with Gasteiger partial charge in [-0.1, -0.05) is 23.8 Å². The van der Waals surface area contributed by atoms with E-state index in [4.69, 9.17) is 4.42 Å². The van der Waals surface area contributed by atoms with Crippen LogP contribution >= 0.6 is 0 Å². The van der Waals surface area contributed by atoms with Crippen LogP contribution in [0.3, 0.4) is 0 Å². The van der Waals surface area contributed by atoms with Gasteiger partial charge in [-0.2, -0.15) is 0 Å². The van der Waals surface area contributed by atoms with Gasteiger partial charge in [0.05, 0.1) is 12.8 Å². The van der Waals surface area contributed by atoms with Crippen molar-refractivity contribution >= 4 is 23.3 Å². The van der Waals surface area contributed by atoms with Gasteiger partial charge in [-0.15, -0.1) is 0 Å². The van der Waals surface area contributed by atoms with Crippen LogP contribution in [-0.2, 0) is 13.0 Å². The highest BCUT2D eigenvalue weighted by Crippen LogP contribution is 2.32. The zero-order valence-corrected chi connectivity index (χ0v) is 15.6. The molecule has 0 aliphatic carbocycles. The third kappa shape index (κ3) is 3.76. The lowest BCUT2D eigenvalue weighted by Gasteiger charge is -2.18. The number of hydrogen-bond acceptors (Lipinski definition) is 3. The topological polar surface area (TPSA) is 74.6 Å². The molecule has 2 heterocycles. The van der Waals surface area contributed by atoms with Crippen molar-refractivity contribution < 1.29 is 14.0 Å². The SMILES string of the molecule is Cc1ccc(C(=O)N2CCc3ccc(NC(=O)NCc4ccco4)cc32)cc1. The van der Waals surface area contributed by atoms with Crippen LogP contribution in [0.15, 0.2) is 65.3 Å². The number of carbonyl (C=O) groups excluding carboxylic acids is 2. The van der Waals surface area contributed by atoms with Crippen LogP contribution in [0.4, 0.5) is 16.2 Å². The van der Waals surface area contributed by atoms with Crippen LogP contribution in [0.2, 0.25) is 0 Å². The van der Waals surface area contributed by atoms with Gasteiger partial charge in [0, 0.05) is 23.5 Å². The molecule has 142 valence electrons. The molecule has 6 heteroatoms. The first-order valence-corrected chi connectivity index (χ1v) is 9.19. The van der Waals surface area contributed by atoms with E-state index in [-0.39, 0.29) is 11.9 Å². The Kier molecular flexibility index (Phi) is 4.85. The third-order valence-corrected chi connectivity index (χ3v) is 4.79. The van der Waals surface area contributed by atoms with Crippen molar-refractivity contribution in [3.63, 3.8) is 0 Å². The van der Waals surface area contributed by atoms with Gasteiger partial charge in [0.15, 0.2) is 0 Å². The van der Waals surface area contributed by atoms with Crippen molar-refractivity contribution in [1.29, 1.82) is 0 Å². The van der Waals surface area contributed by atoms with E-state index in [1.165, 1.54) is 0 Å². The molecule has 0 saturated heterocycles. The van der Waals surface area contributed by atoms with Crippen molar-refractivity contribution in [2.24, 2.45) is 0 Å². The number of fused-ring (bicyclic) bond motifs is 1. The maximum atomic E-state index is 12.9. The smallest absolute Gasteiger partial charge is 0.319 e. The van der Waals surface area contributed by atoms with E-state index in [0.29, 0.717) is 30.1 Å².